The standard InChI is InChI=1S/C18H18N6O2/c19-16(25)12-6-9-23(10-7-12)18(26)13-3-1-4-14(11-13)24-17-15(21-22-24)5-2-8-20-17/h1-5,8,11-12H,6-7,9-10H2,(H2,19,25). The van der Waals surface area contributed by atoms with Crippen LogP contribution in [-0.4, -0.2) is 49.8 Å². The molecule has 3 heterocycles. The van der Waals surface area contributed by atoms with Gasteiger partial charge in [0.15, 0.2) is 5.65 Å². The zero-order valence-electron chi connectivity index (χ0n) is 14.1. The van der Waals surface area contributed by atoms with Gasteiger partial charge >= 0.3 is 0 Å². The lowest BCUT2D eigenvalue weighted by Crippen LogP contribution is -2.41. The van der Waals surface area contributed by atoms with Gasteiger partial charge in [-0.05, 0) is 43.2 Å². The SMILES string of the molecule is NC(=O)C1CCN(C(=O)c2cccc(-n3nnc4cccnc43)c2)CC1. The van der Waals surface area contributed by atoms with Crippen molar-refractivity contribution in [3.8, 4) is 5.69 Å². The van der Waals surface area contributed by atoms with E-state index in [1.165, 1.54) is 0 Å². The maximum atomic E-state index is 12.8. The molecule has 0 bridgehead atoms. The maximum absolute atomic E-state index is 12.8. The topological polar surface area (TPSA) is 107 Å². The van der Waals surface area contributed by atoms with Crippen LogP contribution in [0, 0.1) is 5.92 Å². The van der Waals surface area contributed by atoms with Gasteiger partial charge in [0.25, 0.3) is 5.91 Å². The largest absolute Gasteiger partial charge is 0.369 e. The Morgan fingerprint density at radius 2 is 1.92 bits per heavy atom. The molecule has 2 N–H and O–H groups in total. The van der Waals surface area contributed by atoms with Crippen molar-refractivity contribution < 1.29 is 9.59 Å². The Labute approximate surface area is 149 Å². The lowest BCUT2D eigenvalue weighted by atomic mass is 9.96. The number of amides is 2. The summed E-state index contributed by atoms with van der Waals surface area (Å²) >= 11 is 0. The molecule has 2 amide bonds. The Hall–Kier alpha value is -3.29. The summed E-state index contributed by atoms with van der Waals surface area (Å²) in [6.45, 7) is 1.06. The van der Waals surface area contributed by atoms with Crippen molar-refractivity contribution in [1.82, 2.24) is 24.9 Å². The van der Waals surface area contributed by atoms with Gasteiger partial charge < -0.3 is 10.6 Å². The van der Waals surface area contributed by atoms with Crippen LogP contribution >= 0.6 is 0 Å². The Morgan fingerprint density at radius 3 is 2.69 bits per heavy atom. The molecule has 8 heteroatoms. The second-order valence-electron chi connectivity index (χ2n) is 6.37. The molecule has 132 valence electrons. The summed E-state index contributed by atoms with van der Waals surface area (Å²) < 4.78 is 1.62. The normalized spacial score (nSPS) is 15.3. The summed E-state index contributed by atoms with van der Waals surface area (Å²) in [6.07, 6.45) is 2.90. The predicted molar refractivity (Wildman–Crippen MR) is 94.5 cm³/mol. The van der Waals surface area contributed by atoms with Crippen molar-refractivity contribution in [1.29, 1.82) is 0 Å². The quantitative estimate of drug-likeness (QED) is 0.762. The summed E-state index contributed by atoms with van der Waals surface area (Å²) in [5, 5.41) is 8.23. The highest BCUT2D eigenvalue weighted by molar-refractivity contribution is 5.95. The van der Waals surface area contributed by atoms with Crippen LogP contribution in [0.3, 0.4) is 0 Å². The van der Waals surface area contributed by atoms with Gasteiger partial charge in [0.1, 0.15) is 5.52 Å². The molecule has 1 saturated heterocycles. The van der Waals surface area contributed by atoms with Crippen molar-refractivity contribution in [2.45, 2.75) is 12.8 Å². The molecular formula is C18H18N6O2. The van der Waals surface area contributed by atoms with Crippen LogP contribution in [0.4, 0.5) is 0 Å². The molecule has 2 aromatic heterocycles. The number of piperidine rings is 1. The monoisotopic (exact) mass is 350 g/mol. The molecule has 0 saturated carbocycles. The highest BCUT2D eigenvalue weighted by Gasteiger charge is 2.26. The fourth-order valence-corrected chi connectivity index (χ4v) is 3.26. The average Bonchev–Trinajstić information content (AvgIpc) is 3.12. The van der Waals surface area contributed by atoms with Gasteiger partial charge in [0.2, 0.25) is 5.91 Å². The first kappa shape index (κ1) is 16.2. The number of fused-ring (bicyclic) bond motifs is 1. The van der Waals surface area contributed by atoms with E-state index in [1.807, 2.05) is 18.2 Å². The number of primary amides is 1. The van der Waals surface area contributed by atoms with Crippen LogP contribution in [0.25, 0.3) is 16.9 Å². The van der Waals surface area contributed by atoms with Crippen molar-refractivity contribution >= 4 is 23.0 Å². The molecule has 4 rings (SSSR count). The fraction of sp³-hybridized carbons (Fsp3) is 0.278. The van der Waals surface area contributed by atoms with E-state index in [1.54, 1.807) is 34.0 Å². The van der Waals surface area contributed by atoms with E-state index in [4.69, 9.17) is 5.73 Å². The van der Waals surface area contributed by atoms with E-state index in [0.717, 1.165) is 5.69 Å². The summed E-state index contributed by atoms with van der Waals surface area (Å²) in [4.78, 5) is 30.2. The van der Waals surface area contributed by atoms with Gasteiger partial charge in [-0.1, -0.05) is 11.3 Å². The van der Waals surface area contributed by atoms with Crippen LogP contribution in [-0.2, 0) is 4.79 Å². The highest BCUT2D eigenvalue weighted by Crippen LogP contribution is 2.20. The third-order valence-electron chi connectivity index (χ3n) is 4.73. The van der Waals surface area contributed by atoms with Gasteiger partial charge in [-0.3, -0.25) is 9.59 Å². The van der Waals surface area contributed by atoms with Gasteiger partial charge in [0.05, 0.1) is 5.69 Å². The Morgan fingerprint density at radius 1 is 1.12 bits per heavy atom. The molecule has 0 atom stereocenters. The molecule has 1 aromatic carbocycles. The molecule has 1 aliphatic heterocycles. The molecule has 1 aliphatic rings. The number of hydrogen-bond acceptors (Lipinski definition) is 5. The number of hydrogen-bond donors (Lipinski definition) is 1. The number of pyridine rings is 1. The second-order valence-corrected chi connectivity index (χ2v) is 6.37. The Kier molecular flexibility index (Phi) is 4.08. The minimum absolute atomic E-state index is 0.0628. The van der Waals surface area contributed by atoms with Crippen molar-refractivity contribution in [3.05, 3.63) is 48.2 Å². The smallest absolute Gasteiger partial charge is 0.253 e. The van der Waals surface area contributed by atoms with Gasteiger partial charge in [-0.2, -0.15) is 4.68 Å². The van der Waals surface area contributed by atoms with Crippen LogP contribution < -0.4 is 5.73 Å². The number of nitrogens with two attached hydrogens (primary N) is 1. The molecule has 1 fully saturated rings. The number of carbonyl (C=O) groups is 2. The first-order chi connectivity index (χ1) is 12.6. The molecule has 0 spiro atoms. The van der Waals surface area contributed by atoms with E-state index in [9.17, 15) is 9.59 Å². The van der Waals surface area contributed by atoms with E-state index in [0.29, 0.717) is 42.7 Å². The minimum Gasteiger partial charge on any atom is -0.369 e. The molecule has 0 unspecified atom stereocenters. The number of rotatable bonds is 3. The Balaban J connectivity index is 1.58. The summed E-state index contributed by atoms with van der Waals surface area (Å²) in [5.41, 5.74) is 7.98. The molecule has 26 heavy (non-hydrogen) atoms. The third kappa shape index (κ3) is 2.90. The van der Waals surface area contributed by atoms with Gasteiger partial charge in [-0.15, -0.1) is 5.10 Å². The number of likely N-dealkylation sites (tertiary alicyclic amines) is 1. The number of carbonyl (C=O) groups excluding carboxylic acids is 2. The lowest BCUT2D eigenvalue weighted by Gasteiger charge is -2.30. The molecule has 8 nitrogen and oxygen atoms in total. The first-order valence-corrected chi connectivity index (χ1v) is 8.49. The second kappa shape index (κ2) is 6.55. The molecular weight excluding hydrogens is 332 g/mol. The molecule has 0 aliphatic carbocycles. The highest BCUT2D eigenvalue weighted by atomic mass is 16.2. The van der Waals surface area contributed by atoms with Crippen LogP contribution in [0.1, 0.15) is 23.2 Å². The van der Waals surface area contributed by atoms with E-state index in [2.05, 4.69) is 15.3 Å². The number of benzene rings is 1. The van der Waals surface area contributed by atoms with E-state index in [-0.39, 0.29) is 17.7 Å². The zero-order valence-corrected chi connectivity index (χ0v) is 14.1. The predicted octanol–water partition coefficient (Wildman–Crippen LogP) is 1.15. The van der Waals surface area contributed by atoms with E-state index < -0.39 is 0 Å². The zero-order chi connectivity index (χ0) is 18.1. The summed E-state index contributed by atoms with van der Waals surface area (Å²) in [5.74, 6) is -0.491. The number of aromatic nitrogens is 4. The maximum Gasteiger partial charge on any atom is 0.253 e. The van der Waals surface area contributed by atoms with Gasteiger partial charge in [-0.25, -0.2) is 4.98 Å². The summed E-state index contributed by atoms with van der Waals surface area (Å²) in [7, 11) is 0. The average molecular weight is 350 g/mol. The van der Waals surface area contributed by atoms with Gasteiger partial charge in [0, 0.05) is 30.8 Å². The molecule has 0 radical (unpaired) electrons. The van der Waals surface area contributed by atoms with Crippen LogP contribution in [0.2, 0.25) is 0 Å². The number of nitrogens with zero attached hydrogens (tertiary/aromatic N) is 5. The summed E-state index contributed by atoms with van der Waals surface area (Å²) in [6, 6.07) is 10.9. The molecule has 3 aromatic rings. The first-order valence-electron chi connectivity index (χ1n) is 8.49. The third-order valence-corrected chi connectivity index (χ3v) is 4.73. The van der Waals surface area contributed by atoms with Crippen LogP contribution in [0.15, 0.2) is 42.6 Å². The lowest BCUT2D eigenvalue weighted by molar-refractivity contribution is -0.123. The van der Waals surface area contributed by atoms with Crippen molar-refractivity contribution in [3.63, 3.8) is 0 Å². The fourth-order valence-electron chi connectivity index (χ4n) is 3.26. The van der Waals surface area contributed by atoms with E-state index >= 15 is 0 Å². The van der Waals surface area contributed by atoms with Crippen LogP contribution in [0.5, 0.6) is 0 Å². The van der Waals surface area contributed by atoms with Crippen molar-refractivity contribution in [2.75, 3.05) is 13.1 Å². The minimum atomic E-state index is -0.287. The Bertz CT molecular complexity index is 974. The van der Waals surface area contributed by atoms with Crippen molar-refractivity contribution in [2.24, 2.45) is 11.7 Å².